The molecule has 262 valence electrons. The summed E-state index contributed by atoms with van der Waals surface area (Å²) < 4.78 is 28.4. The van der Waals surface area contributed by atoms with Gasteiger partial charge in [-0.2, -0.15) is 0 Å². The van der Waals surface area contributed by atoms with Gasteiger partial charge in [0, 0.05) is 19.6 Å². The first-order chi connectivity index (χ1) is 23.4. The lowest BCUT2D eigenvalue weighted by Crippen LogP contribution is -2.56. The highest BCUT2D eigenvalue weighted by molar-refractivity contribution is 5.93. The predicted octanol–water partition coefficient (Wildman–Crippen LogP) is 2.77. The molecule has 48 heavy (non-hydrogen) atoms. The monoisotopic (exact) mass is 668 g/mol. The number of likely N-dealkylation sites (tertiary alicyclic amines) is 1. The van der Waals surface area contributed by atoms with E-state index < -0.39 is 30.0 Å². The Hall–Kier alpha value is -4.36. The van der Waals surface area contributed by atoms with Crippen LogP contribution < -0.4 is 20.1 Å². The minimum absolute atomic E-state index is 0.101. The van der Waals surface area contributed by atoms with Crippen LogP contribution in [0.15, 0.2) is 54.6 Å². The quantitative estimate of drug-likeness (QED) is 0.412. The Balaban J connectivity index is 1.28. The van der Waals surface area contributed by atoms with Crippen molar-refractivity contribution in [2.45, 2.75) is 51.8 Å². The Morgan fingerprint density at radius 3 is 2.10 bits per heavy atom. The first-order valence-electron chi connectivity index (χ1n) is 16.7. The molecule has 2 heterocycles. The summed E-state index contributed by atoms with van der Waals surface area (Å²) in [5.41, 5.74) is 0.846. The van der Waals surface area contributed by atoms with Crippen molar-refractivity contribution in [3.8, 4) is 11.5 Å². The van der Waals surface area contributed by atoms with Gasteiger partial charge in [0.15, 0.2) is 11.5 Å². The maximum absolute atomic E-state index is 13.4. The van der Waals surface area contributed by atoms with Gasteiger partial charge < -0.3 is 39.2 Å². The van der Waals surface area contributed by atoms with Crippen molar-refractivity contribution in [1.29, 1.82) is 0 Å². The van der Waals surface area contributed by atoms with Crippen LogP contribution in [0, 0.1) is 5.92 Å². The minimum atomic E-state index is -0.892. The number of carbonyl (C=O) groups excluding carboxylic acids is 4. The highest BCUT2D eigenvalue weighted by atomic mass is 16.6. The van der Waals surface area contributed by atoms with Crippen molar-refractivity contribution in [2.24, 2.45) is 5.92 Å². The Kier molecular flexibility index (Phi) is 14.8. The summed E-state index contributed by atoms with van der Waals surface area (Å²) in [5, 5.41) is 5.57. The van der Waals surface area contributed by atoms with Gasteiger partial charge in [0.1, 0.15) is 31.9 Å². The van der Waals surface area contributed by atoms with E-state index in [2.05, 4.69) is 10.6 Å². The molecule has 2 N–H and O–H groups in total. The van der Waals surface area contributed by atoms with Crippen LogP contribution in [0.25, 0.3) is 0 Å². The van der Waals surface area contributed by atoms with E-state index in [1.807, 2.05) is 68.4 Å². The van der Waals surface area contributed by atoms with Crippen molar-refractivity contribution in [3.05, 3.63) is 60.2 Å². The summed E-state index contributed by atoms with van der Waals surface area (Å²) in [6.07, 6.45) is 1.14. The van der Waals surface area contributed by atoms with Crippen LogP contribution in [-0.2, 0) is 35.2 Å². The summed E-state index contributed by atoms with van der Waals surface area (Å²) >= 11 is 0. The van der Waals surface area contributed by atoms with Gasteiger partial charge in [-0.25, -0.2) is 4.79 Å². The van der Waals surface area contributed by atoms with Crippen LogP contribution in [-0.4, -0.2) is 112 Å². The molecule has 1 fully saturated rings. The molecular weight excluding hydrogens is 620 g/mol. The number of benzene rings is 2. The molecule has 0 spiro atoms. The summed E-state index contributed by atoms with van der Waals surface area (Å²) in [4.78, 5) is 55.9. The molecule has 0 aromatic heterocycles. The Labute approximate surface area is 282 Å². The number of rotatable bonds is 9. The number of amides is 4. The zero-order chi connectivity index (χ0) is 34.1. The van der Waals surface area contributed by atoms with E-state index in [0.717, 1.165) is 5.56 Å². The molecule has 4 amide bonds. The minimum Gasteiger partial charge on any atom is -0.487 e. The summed E-state index contributed by atoms with van der Waals surface area (Å²) in [6.45, 7) is 6.44. The molecule has 1 saturated heterocycles. The van der Waals surface area contributed by atoms with Crippen molar-refractivity contribution >= 4 is 23.8 Å². The first kappa shape index (κ1) is 36.5. The molecule has 2 aliphatic rings. The number of nitrogens with zero attached hydrogens (tertiary/aromatic N) is 2. The molecule has 0 aliphatic carbocycles. The number of hydrogen-bond donors (Lipinski definition) is 2. The molecule has 2 aromatic rings. The molecule has 0 bridgehead atoms. The molecule has 2 aromatic carbocycles. The van der Waals surface area contributed by atoms with Gasteiger partial charge in [-0.05, 0) is 36.5 Å². The van der Waals surface area contributed by atoms with E-state index in [4.69, 9.17) is 23.7 Å². The summed E-state index contributed by atoms with van der Waals surface area (Å²) in [6, 6.07) is 15.1. The summed E-state index contributed by atoms with van der Waals surface area (Å²) in [7, 11) is 0. The SMILES string of the molecule is CC[C@@H](C)[C@H](NC(=O)[C@@H]1CCCN1C(=O)OCc1ccccc1)C(=O)NCC(=O)N1CCOCCOc2ccccc2OCCOCC1. The smallest absolute Gasteiger partial charge is 0.410 e. The van der Waals surface area contributed by atoms with Crippen molar-refractivity contribution in [3.63, 3.8) is 0 Å². The maximum atomic E-state index is 13.4. The van der Waals surface area contributed by atoms with Crippen molar-refractivity contribution < 1.29 is 42.9 Å². The normalized spacial score (nSPS) is 18.8. The van der Waals surface area contributed by atoms with Crippen LogP contribution in [0.2, 0.25) is 0 Å². The molecule has 0 saturated carbocycles. The number of ether oxygens (including phenoxy) is 5. The Morgan fingerprint density at radius 2 is 1.48 bits per heavy atom. The van der Waals surface area contributed by atoms with Gasteiger partial charge in [0.05, 0.1) is 33.0 Å². The number of para-hydroxylation sites is 2. The van der Waals surface area contributed by atoms with Crippen molar-refractivity contribution in [1.82, 2.24) is 20.4 Å². The third-order valence-electron chi connectivity index (χ3n) is 8.39. The highest BCUT2D eigenvalue weighted by Gasteiger charge is 2.37. The second-order valence-corrected chi connectivity index (χ2v) is 11.7. The lowest BCUT2D eigenvalue weighted by atomic mass is 9.97. The van der Waals surface area contributed by atoms with Crippen LogP contribution >= 0.6 is 0 Å². The van der Waals surface area contributed by atoms with Crippen LogP contribution in [0.5, 0.6) is 11.5 Å². The van der Waals surface area contributed by atoms with E-state index in [1.54, 1.807) is 4.90 Å². The fourth-order valence-corrected chi connectivity index (χ4v) is 5.42. The van der Waals surface area contributed by atoms with E-state index in [-0.39, 0.29) is 38.2 Å². The molecule has 13 heteroatoms. The lowest BCUT2D eigenvalue weighted by molar-refractivity contribution is -0.136. The van der Waals surface area contributed by atoms with Gasteiger partial charge in [-0.1, -0.05) is 62.7 Å². The van der Waals surface area contributed by atoms with Crippen molar-refractivity contribution in [2.75, 3.05) is 65.8 Å². The Morgan fingerprint density at radius 1 is 0.854 bits per heavy atom. The maximum Gasteiger partial charge on any atom is 0.410 e. The number of carbonyl (C=O) groups is 4. The number of fused-ring (bicyclic) bond motifs is 1. The van der Waals surface area contributed by atoms with Gasteiger partial charge >= 0.3 is 6.09 Å². The fourth-order valence-electron chi connectivity index (χ4n) is 5.42. The standard InChI is InChI=1S/C35H48N4O9/c1-3-26(2)32(37-33(41)28-12-9-15-39(28)35(43)48-25-27-10-5-4-6-11-27)34(42)36-24-31(40)38-16-18-44-20-22-46-29-13-7-8-14-30(29)47-23-21-45-19-17-38/h4-8,10-11,13-14,26,28,32H,3,9,12,15-25H2,1-2H3,(H,36,42)(H,37,41)/t26-,28+,32+/m1/s1. The largest absolute Gasteiger partial charge is 0.487 e. The van der Waals surface area contributed by atoms with E-state index >= 15 is 0 Å². The number of hydrogen-bond acceptors (Lipinski definition) is 9. The third kappa shape index (κ3) is 11.1. The lowest BCUT2D eigenvalue weighted by Gasteiger charge is -2.28. The molecular formula is C35H48N4O9. The van der Waals surface area contributed by atoms with Gasteiger partial charge in [-0.15, -0.1) is 0 Å². The Bertz CT molecular complexity index is 1290. The molecule has 3 atom stereocenters. The van der Waals surface area contributed by atoms with E-state index in [1.165, 1.54) is 4.90 Å². The summed E-state index contributed by atoms with van der Waals surface area (Å²) in [5.74, 6) is -0.180. The number of nitrogens with one attached hydrogen (secondary N) is 2. The van der Waals surface area contributed by atoms with Crippen LogP contribution in [0.1, 0.15) is 38.7 Å². The second kappa shape index (κ2) is 19.5. The average molecular weight is 669 g/mol. The zero-order valence-electron chi connectivity index (χ0n) is 27.9. The second-order valence-electron chi connectivity index (χ2n) is 11.7. The molecule has 2 aliphatic heterocycles. The molecule has 13 nitrogen and oxygen atoms in total. The zero-order valence-corrected chi connectivity index (χ0v) is 27.9. The topological polar surface area (TPSA) is 145 Å². The molecule has 0 radical (unpaired) electrons. The highest BCUT2D eigenvalue weighted by Crippen LogP contribution is 2.26. The average Bonchev–Trinajstić information content (AvgIpc) is 3.61. The first-order valence-corrected chi connectivity index (χ1v) is 16.7. The van der Waals surface area contributed by atoms with E-state index in [0.29, 0.717) is 76.8 Å². The molecule has 4 rings (SSSR count). The van der Waals surface area contributed by atoms with Gasteiger partial charge in [-0.3, -0.25) is 19.3 Å². The molecule has 0 unspecified atom stereocenters. The third-order valence-corrected chi connectivity index (χ3v) is 8.39. The van der Waals surface area contributed by atoms with Crippen LogP contribution in [0.4, 0.5) is 4.79 Å². The van der Waals surface area contributed by atoms with Crippen LogP contribution in [0.3, 0.4) is 0 Å². The van der Waals surface area contributed by atoms with Gasteiger partial charge in [0.2, 0.25) is 17.7 Å². The predicted molar refractivity (Wildman–Crippen MR) is 176 cm³/mol. The van der Waals surface area contributed by atoms with Gasteiger partial charge in [0.25, 0.3) is 0 Å². The fraction of sp³-hybridized carbons (Fsp3) is 0.543. The van der Waals surface area contributed by atoms with E-state index in [9.17, 15) is 19.2 Å².